The molecule has 6 heavy (non-hydrogen) atoms. The summed E-state index contributed by atoms with van der Waals surface area (Å²) in [4.78, 5) is 19.5. The molecule has 0 N–H and O–H groups in total. The van der Waals surface area contributed by atoms with Crippen LogP contribution in [-0.2, 0) is 9.59 Å². The molecule has 0 aliphatic rings. The number of hydrogen-bond acceptors (Lipinski definition) is 2. The lowest BCUT2D eigenvalue weighted by Gasteiger charge is -1.89. The molecule has 3 nitrogen and oxygen atoms in total. The Labute approximate surface area is 35.6 Å². The first kappa shape index (κ1) is 5.14. The fraction of sp³-hybridized carbons (Fsp3) is 0.333. The van der Waals surface area contributed by atoms with Crippen molar-refractivity contribution in [3.05, 3.63) is 0 Å². The highest BCUT2D eigenvalue weighted by molar-refractivity contribution is 5.68. The van der Waals surface area contributed by atoms with E-state index in [9.17, 15) is 9.59 Å². The number of imide groups is 1. The van der Waals surface area contributed by atoms with Gasteiger partial charge in [0.25, 0.3) is 0 Å². The van der Waals surface area contributed by atoms with Gasteiger partial charge in [-0.1, -0.05) is 0 Å². The molecule has 0 heterocycles. The van der Waals surface area contributed by atoms with Crippen LogP contribution in [0.3, 0.4) is 0 Å². The second-order valence-corrected chi connectivity index (χ2v) is 0.808. The molecule has 0 atom stereocenters. The first-order valence-corrected chi connectivity index (χ1v) is 1.37. The smallest absolute Gasteiger partial charge is 0.280 e. The molecular formula is C3H4NO2. The first-order chi connectivity index (χ1) is 2.81. The molecule has 0 aromatic rings. The summed E-state index contributed by atoms with van der Waals surface area (Å²) < 4.78 is 0. The molecule has 0 bridgehead atoms. The molecule has 0 rings (SSSR count). The van der Waals surface area contributed by atoms with Crippen LogP contribution >= 0.6 is 0 Å². The van der Waals surface area contributed by atoms with Gasteiger partial charge < -0.3 is 0 Å². The molecule has 0 saturated heterocycles. The monoisotopic (exact) mass is 86.0 g/mol. The molecule has 3 heteroatoms. The Balaban J connectivity index is 3.21. The van der Waals surface area contributed by atoms with Gasteiger partial charge in [-0.2, -0.15) is 0 Å². The number of rotatable bonds is 2. The average molecular weight is 86.1 g/mol. The first-order valence-electron chi connectivity index (χ1n) is 1.37. The Kier molecular flexibility index (Phi) is 2.04. The highest BCUT2D eigenvalue weighted by Gasteiger charge is 1.81. The molecule has 0 saturated carbocycles. The van der Waals surface area contributed by atoms with Crippen molar-refractivity contribution in [1.82, 2.24) is 4.90 Å². The summed E-state index contributed by atoms with van der Waals surface area (Å²) in [6.45, 7) is 0. The van der Waals surface area contributed by atoms with E-state index in [-0.39, 0.29) is 0 Å². The van der Waals surface area contributed by atoms with Crippen LogP contribution < -0.4 is 0 Å². The van der Waals surface area contributed by atoms with Gasteiger partial charge in [0.05, 0.1) is 0 Å². The minimum absolute atomic E-state index is 0.382. The van der Waals surface area contributed by atoms with Gasteiger partial charge >= 0.3 is 6.41 Å². The number of hydrogen-bond donors (Lipinski definition) is 0. The zero-order chi connectivity index (χ0) is 4.99. The van der Waals surface area contributed by atoms with Crippen LogP contribution in [0.2, 0.25) is 0 Å². The van der Waals surface area contributed by atoms with Crippen molar-refractivity contribution < 1.29 is 9.59 Å². The molecule has 0 aromatic carbocycles. The van der Waals surface area contributed by atoms with Crippen molar-refractivity contribution in [3.8, 4) is 0 Å². The Hall–Kier alpha value is -0.860. The minimum atomic E-state index is 0.382. The molecule has 0 unspecified atom stereocenters. The number of amides is 2. The van der Waals surface area contributed by atoms with Crippen molar-refractivity contribution in [1.29, 1.82) is 0 Å². The average Bonchev–Trinajstić information content (AvgIpc) is 1.65. The van der Waals surface area contributed by atoms with E-state index in [4.69, 9.17) is 0 Å². The Morgan fingerprint density at radius 1 is 1.83 bits per heavy atom. The van der Waals surface area contributed by atoms with Crippen molar-refractivity contribution in [2.45, 2.75) is 0 Å². The third kappa shape index (κ3) is 1.46. The van der Waals surface area contributed by atoms with E-state index in [1.54, 1.807) is 0 Å². The highest BCUT2D eigenvalue weighted by Crippen LogP contribution is 1.56. The molecule has 0 aliphatic carbocycles. The summed E-state index contributed by atoms with van der Waals surface area (Å²) in [5.41, 5.74) is 0. The molecule has 0 fully saturated rings. The fourth-order valence-corrected chi connectivity index (χ4v) is 0.0215. The van der Waals surface area contributed by atoms with E-state index in [1.807, 2.05) is 0 Å². The van der Waals surface area contributed by atoms with E-state index in [1.165, 1.54) is 13.5 Å². The Bertz CT molecular complexity index is 53.8. The second-order valence-electron chi connectivity index (χ2n) is 0.808. The third-order valence-electron chi connectivity index (χ3n) is 0.302. The predicted octanol–water partition coefficient (Wildman–Crippen LogP) is -0.858. The Morgan fingerprint density at radius 2 is 2.33 bits per heavy atom. The maximum Gasteiger partial charge on any atom is 0.318 e. The molecular weight excluding hydrogens is 82.0 g/mol. The summed E-state index contributed by atoms with van der Waals surface area (Å²) in [7, 11) is 1.32. The molecule has 0 spiro atoms. The van der Waals surface area contributed by atoms with Crippen LogP contribution in [0.4, 0.5) is 0 Å². The summed E-state index contributed by atoms with van der Waals surface area (Å²) >= 11 is 0. The summed E-state index contributed by atoms with van der Waals surface area (Å²) in [6, 6.07) is 0. The van der Waals surface area contributed by atoms with Gasteiger partial charge in [-0.05, 0) is 0 Å². The quantitative estimate of drug-likeness (QED) is 0.324. The molecule has 0 aromatic heterocycles. The van der Waals surface area contributed by atoms with Crippen LogP contribution in [0, 0.1) is 0 Å². The predicted molar refractivity (Wildman–Crippen MR) is 19.5 cm³/mol. The van der Waals surface area contributed by atoms with Crippen LogP contribution in [0.5, 0.6) is 0 Å². The van der Waals surface area contributed by atoms with Gasteiger partial charge in [0, 0.05) is 7.05 Å². The van der Waals surface area contributed by atoms with Crippen molar-refractivity contribution in [2.24, 2.45) is 0 Å². The van der Waals surface area contributed by atoms with Gasteiger partial charge in [0.1, 0.15) is 0 Å². The van der Waals surface area contributed by atoms with Crippen LogP contribution in [0.15, 0.2) is 0 Å². The van der Waals surface area contributed by atoms with Gasteiger partial charge in [0.2, 0.25) is 6.41 Å². The summed E-state index contributed by atoms with van der Waals surface area (Å²) in [6.07, 6.45) is 1.71. The fourth-order valence-electron chi connectivity index (χ4n) is 0.0215. The van der Waals surface area contributed by atoms with Crippen molar-refractivity contribution in [3.63, 3.8) is 0 Å². The van der Waals surface area contributed by atoms with Crippen LogP contribution in [-0.4, -0.2) is 24.8 Å². The maximum atomic E-state index is 9.40. The van der Waals surface area contributed by atoms with E-state index in [2.05, 4.69) is 0 Å². The lowest BCUT2D eigenvalue weighted by Crippen LogP contribution is -2.11. The van der Waals surface area contributed by atoms with Crippen molar-refractivity contribution >= 4 is 12.8 Å². The molecule has 0 aliphatic heterocycles. The standard InChI is InChI=1S/C3H4NO2/c1-4(2-5)3-6/h2H,1H3. The van der Waals surface area contributed by atoms with Crippen LogP contribution in [0.25, 0.3) is 0 Å². The molecule has 1 radical (unpaired) electrons. The number of carbonyl (C=O) groups is 1. The summed E-state index contributed by atoms with van der Waals surface area (Å²) in [5.74, 6) is 0. The van der Waals surface area contributed by atoms with Gasteiger partial charge in [-0.15, -0.1) is 0 Å². The van der Waals surface area contributed by atoms with E-state index in [0.29, 0.717) is 6.41 Å². The second kappa shape index (κ2) is 2.38. The largest absolute Gasteiger partial charge is 0.318 e. The highest BCUT2D eigenvalue weighted by atomic mass is 16.2. The van der Waals surface area contributed by atoms with Crippen LogP contribution in [0.1, 0.15) is 0 Å². The van der Waals surface area contributed by atoms with E-state index < -0.39 is 0 Å². The van der Waals surface area contributed by atoms with Gasteiger partial charge in [-0.3, -0.25) is 14.5 Å². The van der Waals surface area contributed by atoms with Gasteiger partial charge in [-0.25, -0.2) is 0 Å². The number of nitrogens with zero attached hydrogens (tertiary/aromatic N) is 1. The van der Waals surface area contributed by atoms with Crippen molar-refractivity contribution in [2.75, 3.05) is 7.05 Å². The molecule has 2 amide bonds. The molecule has 33 valence electrons. The van der Waals surface area contributed by atoms with E-state index >= 15 is 0 Å². The zero-order valence-corrected chi connectivity index (χ0v) is 3.34. The van der Waals surface area contributed by atoms with Gasteiger partial charge in [0.15, 0.2) is 0 Å². The maximum absolute atomic E-state index is 9.40. The SMILES string of the molecule is CN([C]=O)C=O. The zero-order valence-electron chi connectivity index (χ0n) is 3.34. The Morgan fingerprint density at radius 3 is 2.33 bits per heavy atom. The summed E-state index contributed by atoms with van der Waals surface area (Å²) in [5, 5.41) is 0. The number of carbonyl (C=O) groups excluding carboxylic acids is 2. The topological polar surface area (TPSA) is 37.4 Å². The third-order valence-corrected chi connectivity index (χ3v) is 0.302. The van der Waals surface area contributed by atoms with E-state index in [0.717, 1.165) is 4.90 Å². The minimum Gasteiger partial charge on any atom is -0.280 e. The normalized spacial score (nSPS) is 6.83. The lowest BCUT2D eigenvalue weighted by molar-refractivity contribution is -0.114. The lowest BCUT2D eigenvalue weighted by atomic mass is 11.0.